The quantitative estimate of drug-likeness (QED) is 0.739. The first-order valence-corrected chi connectivity index (χ1v) is 10.1. The molecule has 1 atom stereocenters. The molecule has 3 rings (SSSR count). The van der Waals surface area contributed by atoms with Crippen LogP contribution in [0.15, 0.2) is 29.2 Å². The van der Waals surface area contributed by atoms with E-state index in [4.69, 9.17) is 4.74 Å². The lowest BCUT2D eigenvalue weighted by atomic mass is 10.0. The van der Waals surface area contributed by atoms with Crippen LogP contribution in [0.4, 0.5) is 0 Å². The fourth-order valence-electron chi connectivity index (χ4n) is 3.62. The van der Waals surface area contributed by atoms with Crippen LogP contribution in [-0.4, -0.2) is 60.3 Å². The molecule has 2 heterocycles. The van der Waals surface area contributed by atoms with Crippen LogP contribution in [0.3, 0.4) is 0 Å². The lowest BCUT2D eigenvalue weighted by Gasteiger charge is -2.37. The molecule has 0 N–H and O–H groups in total. The van der Waals surface area contributed by atoms with E-state index in [2.05, 4.69) is 9.80 Å². The summed E-state index contributed by atoms with van der Waals surface area (Å²) in [6.07, 6.45) is 5.02. The van der Waals surface area contributed by atoms with Crippen molar-refractivity contribution in [2.75, 3.05) is 38.5 Å². The summed E-state index contributed by atoms with van der Waals surface area (Å²) < 4.78 is 5.45. The second-order valence-electron chi connectivity index (χ2n) is 6.57. The molecule has 0 radical (unpaired) electrons. The van der Waals surface area contributed by atoms with Gasteiger partial charge < -0.3 is 9.64 Å². The molecule has 0 aromatic heterocycles. The molecule has 24 heavy (non-hydrogen) atoms. The van der Waals surface area contributed by atoms with E-state index < -0.39 is 0 Å². The number of ether oxygens (including phenoxy) is 1. The highest BCUT2D eigenvalue weighted by molar-refractivity contribution is 8.00. The molecule has 2 saturated heterocycles. The summed E-state index contributed by atoms with van der Waals surface area (Å²) in [5.41, 5.74) is 0. The number of nitrogens with zero attached hydrogens (tertiary/aromatic N) is 2. The molecule has 0 aliphatic carbocycles. The molecule has 1 amide bonds. The fraction of sp³-hybridized carbons (Fsp3) is 0.632. The van der Waals surface area contributed by atoms with Crippen molar-refractivity contribution in [1.82, 2.24) is 9.80 Å². The van der Waals surface area contributed by atoms with Gasteiger partial charge in [0.15, 0.2) is 0 Å². The minimum absolute atomic E-state index is 0.276. The SMILES string of the molecule is CCOc1ccc(SCC(=O)N2CCCC(N3CCCC3)C2)cc1. The lowest BCUT2D eigenvalue weighted by molar-refractivity contribution is -0.130. The van der Waals surface area contributed by atoms with E-state index in [1.165, 1.54) is 32.4 Å². The highest BCUT2D eigenvalue weighted by Crippen LogP contribution is 2.24. The van der Waals surface area contributed by atoms with Crippen molar-refractivity contribution in [2.24, 2.45) is 0 Å². The first-order valence-electron chi connectivity index (χ1n) is 9.13. The van der Waals surface area contributed by atoms with Crippen LogP contribution in [-0.2, 0) is 4.79 Å². The van der Waals surface area contributed by atoms with Crippen molar-refractivity contribution in [2.45, 2.75) is 43.5 Å². The van der Waals surface area contributed by atoms with E-state index in [-0.39, 0.29) is 5.91 Å². The molecule has 1 unspecified atom stereocenters. The third-order valence-corrected chi connectivity index (χ3v) is 5.90. The number of carbonyl (C=O) groups is 1. The molecular weight excluding hydrogens is 320 g/mol. The average molecular weight is 349 g/mol. The zero-order valence-corrected chi connectivity index (χ0v) is 15.4. The van der Waals surface area contributed by atoms with E-state index in [0.717, 1.165) is 30.2 Å². The fourth-order valence-corrected chi connectivity index (χ4v) is 4.42. The Bertz CT molecular complexity index is 529. The summed E-state index contributed by atoms with van der Waals surface area (Å²) in [6.45, 7) is 6.93. The molecule has 2 fully saturated rings. The average Bonchev–Trinajstić information content (AvgIpc) is 3.16. The standard InChI is InChI=1S/C19H28N2O2S/c1-2-23-17-7-9-18(10-8-17)24-15-19(22)21-13-5-6-16(14-21)20-11-3-4-12-20/h7-10,16H,2-6,11-15H2,1H3. The Labute approximate surface area is 149 Å². The molecule has 1 aromatic carbocycles. The molecule has 2 aliphatic heterocycles. The molecule has 5 heteroatoms. The topological polar surface area (TPSA) is 32.8 Å². The van der Waals surface area contributed by atoms with Crippen LogP contribution in [0, 0.1) is 0 Å². The van der Waals surface area contributed by atoms with Gasteiger partial charge in [-0.1, -0.05) is 0 Å². The van der Waals surface area contributed by atoms with Crippen LogP contribution in [0.5, 0.6) is 5.75 Å². The molecule has 0 spiro atoms. The van der Waals surface area contributed by atoms with E-state index in [9.17, 15) is 4.79 Å². The van der Waals surface area contributed by atoms with Gasteiger partial charge in [0, 0.05) is 24.0 Å². The monoisotopic (exact) mass is 348 g/mol. The summed E-state index contributed by atoms with van der Waals surface area (Å²) in [5, 5.41) is 0. The van der Waals surface area contributed by atoms with Crippen molar-refractivity contribution < 1.29 is 9.53 Å². The molecule has 2 aliphatic rings. The van der Waals surface area contributed by atoms with Crippen LogP contribution in [0.25, 0.3) is 0 Å². The Morgan fingerprint density at radius 1 is 1.17 bits per heavy atom. The third-order valence-electron chi connectivity index (χ3n) is 4.90. The molecule has 0 bridgehead atoms. The summed E-state index contributed by atoms with van der Waals surface area (Å²) in [4.78, 5) is 18.3. The Morgan fingerprint density at radius 2 is 1.92 bits per heavy atom. The summed E-state index contributed by atoms with van der Waals surface area (Å²) in [6, 6.07) is 8.60. The van der Waals surface area contributed by atoms with Crippen molar-refractivity contribution in [1.29, 1.82) is 0 Å². The summed E-state index contributed by atoms with van der Waals surface area (Å²) in [5.74, 6) is 1.69. The molecule has 4 nitrogen and oxygen atoms in total. The highest BCUT2D eigenvalue weighted by atomic mass is 32.2. The number of thioether (sulfide) groups is 1. The maximum absolute atomic E-state index is 12.6. The Morgan fingerprint density at radius 3 is 2.62 bits per heavy atom. The van der Waals surface area contributed by atoms with E-state index in [0.29, 0.717) is 18.4 Å². The highest BCUT2D eigenvalue weighted by Gasteiger charge is 2.29. The zero-order valence-electron chi connectivity index (χ0n) is 14.6. The van der Waals surface area contributed by atoms with Gasteiger partial charge in [-0.2, -0.15) is 0 Å². The number of benzene rings is 1. The van der Waals surface area contributed by atoms with Gasteiger partial charge in [-0.3, -0.25) is 9.69 Å². The second kappa shape index (κ2) is 8.77. The van der Waals surface area contributed by atoms with Crippen molar-refractivity contribution in [3.05, 3.63) is 24.3 Å². The van der Waals surface area contributed by atoms with Crippen LogP contribution in [0.2, 0.25) is 0 Å². The number of carbonyl (C=O) groups excluding carboxylic acids is 1. The zero-order chi connectivity index (χ0) is 16.8. The van der Waals surface area contributed by atoms with E-state index in [1.807, 2.05) is 31.2 Å². The Balaban J connectivity index is 1.47. The smallest absolute Gasteiger partial charge is 0.232 e. The van der Waals surface area contributed by atoms with Crippen molar-refractivity contribution >= 4 is 17.7 Å². The molecular formula is C19H28N2O2S. The predicted molar refractivity (Wildman–Crippen MR) is 98.7 cm³/mol. The maximum atomic E-state index is 12.6. The van der Waals surface area contributed by atoms with Crippen molar-refractivity contribution in [3.63, 3.8) is 0 Å². The Hall–Kier alpha value is -1.20. The van der Waals surface area contributed by atoms with Gasteiger partial charge in [-0.15, -0.1) is 11.8 Å². The predicted octanol–water partition coefficient (Wildman–Crippen LogP) is 3.26. The van der Waals surface area contributed by atoms with Gasteiger partial charge in [-0.05, 0) is 70.0 Å². The third kappa shape index (κ3) is 4.67. The minimum Gasteiger partial charge on any atom is -0.494 e. The summed E-state index contributed by atoms with van der Waals surface area (Å²) >= 11 is 1.62. The Kier molecular flexibility index (Phi) is 6.44. The van der Waals surface area contributed by atoms with Gasteiger partial charge in [0.05, 0.1) is 12.4 Å². The van der Waals surface area contributed by atoms with Gasteiger partial charge >= 0.3 is 0 Å². The number of hydrogen-bond acceptors (Lipinski definition) is 4. The number of amides is 1. The van der Waals surface area contributed by atoms with Crippen LogP contribution < -0.4 is 4.74 Å². The van der Waals surface area contributed by atoms with Crippen molar-refractivity contribution in [3.8, 4) is 5.75 Å². The second-order valence-corrected chi connectivity index (χ2v) is 7.62. The van der Waals surface area contributed by atoms with Gasteiger partial charge in [-0.25, -0.2) is 0 Å². The first-order chi connectivity index (χ1) is 11.8. The number of likely N-dealkylation sites (tertiary alicyclic amines) is 2. The van der Waals surface area contributed by atoms with Gasteiger partial charge in [0.25, 0.3) is 0 Å². The van der Waals surface area contributed by atoms with Crippen LogP contribution in [0.1, 0.15) is 32.6 Å². The maximum Gasteiger partial charge on any atom is 0.232 e. The number of piperidine rings is 1. The largest absolute Gasteiger partial charge is 0.494 e. The van der Waals surface area contributed by atoms with Gasteiger partial charge in [0.1, 0.15) is 5.75 Å². The normalized spacial score (nSPS) is 21.9. The minimum atomic E-state index is 0.276. The first kappa shape index (κ1) is 17.6. The van der Waals surface area contributed by atoms with Crippen LogP contribution >= 0.6 is 11.8 Å². The lowest BCUT2D eigenvalue weighted by Crippen LogP contribution is -2.49. The molecule has 0 saturated carbocycles. The molecule has 1 aromatic rings. The van der Waals surface area contributed by atoms with Gasteiger partial charge in [0.2, 0.25) is 5.91 Å². The molecule has 132 valence electrons. The van der Waals surface area contributed by atoms with E-state index >= 15 is 0 Å². The summed E-state index contributed by atoms with van der Waals surface area (Å²) in [7, 11) is 0. The number of hydrogen-bond donors (Lipinski definition) is 0. The van der Waals surface area contributed by atoms with E-state index in [1.54, 1.807) is 11.8 Å². The number of rotatable bonds is 6.